The van der Waals surface area contributed by atoms with E-state index in [-0.39, 0.29) is 40.8 Å². The minimum atomic E-state index is -1.29. The summed E-state index contributed by atoms with van der Waals surface area (Å²) in [4.78, 5) is 68.5. The van der Waals surface area contributed by atoms with E-state index in [9.17, 15) is 29.3 Å². The van der Waals surface area contributed by atoms with E-state index in [4.69, 9.17) is 4.74 Å². The Labute approximate surface area is 262 Å². The van der Waals surface area contributed by atoms with E-state index in [1.165, 1.54) is 25.3 Å². The predicted octanol–water partition coefficient (Wildman–Crippen LogP) is 3.95. The van der Waals surface area contributed by atoms with Crippen LogP contribution in [0.2, 0.25) is 0 Å². The molecule has 0 spiro atoms. The molecule has 0 radical (unpaired) electrons. The highest BCUT2D eigenvalue weighted by Gasteiger charge is 2.68. The second-order valence-corrected chi connectivity index (χ2v) is 12.9. The highest BCUT2D eigenvalue weighted by Crippen LogP contribution is 2.64. The maximum Gasteiger partial charge on any atom is 0.273 e. The zero-order chi connectivity index (χ0) is 31.6. The number of hydrazone groups is 1. The number of hydrogen-bond acceptors (Lipinski definition) is 8. The quantitative estimate of drug-likeness (QED) is 0.139. The third-order valence-electron chi connectivity index (χ3n) is 11.1. The van der Waals surface area contributed by atoms with Crippen molar-refractivity contribution in [3.63, 3.8) is 0 Å². The summed E-state index contributed by atoms with van der Waals surface area (Å²) in [7, 11) is 1.32. The van der Waals surface area contributed by atoms with Gasteiger partial charge in [-0.3, -0.25) is 29.3 Å². The lowest BCUT2D eigenvalue weighted by molar-refractivity contribution is -0.384. The number of methoxy groups -OCH3 is 1. The Kier molecular flexibility index (Phi) is 5.30. The van der Waals surface area contributed by atoms with Crippen molar-refractivity contribution in [2.24, 2.45) is 40.6 Å². The number of carbonyl (C=O) groups excluding carboxylic acids is 4. The van der Waals surface area contributed by atoms with Crippen molar-refractivity contribution in [3.05, 3.63) is 111 Å². The number of benzene rings is 3. The Hall–Kier alpha value is -5.45. The SMILES string of the molecule is COc1cc([N+](=O)[O-])ccc1N1C(=O)[C@@H]2C3c4ccccc4C(/C=N\N4C(=O)[C@@H]5[C@H](C4=O)[C@H]4C=C[C@H]5C4)(c4ccccc43)[C@H]2C1=O. The van der Waals surface area contributed by atoms with E-state index in [2.05, 4.69) is 5.10 Å². The van der Waals surface area contributed by atoms with Gasteiger partial charge in [-0.15, -0.1) is 0 Å². The smallest absolute Gasteiger partial charge is 0.273 e. The van der Waals surface area contributed by atoms with Crippen molar-refractivity contribution < 1.29 is 28.8 Å². The van der Waals surface area contributed by atoms with Gasteiger partial charge in [0.05, 0.1) is 52.9 Å². The first-order valence-corrected chi connectivity index (χ1v) is 15.3. The van der Waals surface area contributed by atoms with E-state index in [0.29, 0.717) is 0 Å². The van der Waals surface area contributed by atoms with E-state index >= 15 is 0 Å². The highest BCUT2D eigenvalue weighted by molar-refractivity contribution is 6.25. The molecule has 10 rings (SSSR count). The van der Waals surface area contributed by atoms with Crippen molar-refractivity contribution in [3.8, 4) is 5.75 Å². The first-order chi connectivity index (χ1) is 22.3. The minimum Gasteiger partial charge on any atom is -0.494 e. The lowest BCUT2D eigenvalue weighted by Gasteiger charge is -2.52. The number of nitrogens with zero attached hydrogens (tertiary/aromatic N) is 4. The normalized spacial score (nSPS) is 32.8. The number of hydrogen-bond donors (Lipinski definition) is 0. The zero-order valence-electron chi connectivity index (χ0n) is 24.5. The van der Waals surface area contributed by atoms with Crippen molar-refractivity contribution in [2.75, 3.05) is 12.0 Å². The number of carbonyl (C=O) groups is 4. The lowest BCUT2D eigenvalue weighted by atomic mass is 9.47. The van der Waals surface area contributed by atoms with E-state index in [1.54, 1.807) is 6.21 Å². The van der Waals surface area contributed by atoms with Crippen LogP contribution in [-0.2, 0) is 24.6 Å². The summed E-state index contributed by atoms with van der Waals surface area (Å²) < 4.78 is 5.45. The van der Waals surface area contributed by atoms with Gasteiger partial charge in [0, 0.05) is 18.2 Å². The topological polar surface area (TPSA) is 139 Å². The Balaban J connectivity index is 1.23. The van der Waals surface area contributed by atoms with Crippen LogP contribution in [0, 0.1) is 45.6 Å². The molecule has 0 unspecified atom stereocenters. The number of nitro benzene ring substituents is 1. The molecule has 0 aromatic heterocycles. The number of non-ortho nitro benzene ring substituents is 1. The number of amides is 4. The molecule has 46 heavy (non-hydrogen) atoms. The van der Waals surface area contributed by atoms with Crippen LogP contribution in [0.25, 0.3) is 0 Å². The van der Waals surface area contributed by atoms with E-state index in [0.717, 1.165) is 38.6 Å². The fourth-order valence-corrected chi connectivity index (χ4v) is 9.40. The molecular formula is C35H26N4O7. The first-order valence-electron chi connectivity index (χ1n) is 15.3. The molecule has 3 aromatic rings. The number of ether oxygens (including phenoxy) is 1. The molecule has 5 aliphatic carbocycles. The number of rotatable bonds is 5. The Morgan fingerprint density at radius 1 is 0.848 bits per heavy atom. The molecule has 2 heterocycles. The van der Waals surface area contributed by atoms with Crippen LogP contribution in [0.15, 0.2) is 84.0 Å². The molecule has 7 aliphatic rings. The van der Waals surface area contributed by atoms with E-state index < -0.39 is 51.7 Å². The standard InChI is InChI=1S/C35H26N4O7/c1-46-25-15-19(39(44)45)12-13-24(25)37-31(40)29-28-20-6-2-4-8-22(20)35(30(29)34(37)43,23-9-5-3-7-21(23)28)16-36-38-32(41)26-17-10-11-18(14-17)27(26)33(38)42/h2-13,15-18,26-30H,14H2,1H3/b36-16-/t17-,18-,26-,27+,28?,29+,30+,35?/m0/s1. The fourth-order valence-electron chi connectivity index (χ4n) is 9.40. The number of fused-ring (bicyclic) bond motifs is 5. The van der Waals surface area contributed by atoms with Gasteiger partial charge in [-0.2, -0.15) is 10.1 Å². The Bertz CT molecular complexity index is 1940. The molecule has 6 atom stereocenters. The average molecular weight is 615 g/mol. The molecule has 2 aliphatic heterocycles. The second-order valence-electron chi connectivity index (χ2n) is 12.9. The van der Waals surface area contributed by atoms with Crippen LogP contribution < -0.4 is 9.64 Å². The molecule has 3 fully saturated rings. The molecule has 2 saturated heterocycles. The number of imide groups is 2. The lowest BCUT2D eigenvalue weighted by Crippen LogP contribution is -2.55. The maximum atomic E-state index is 14.7. The second kappa shape index (κ2) is 9.06. The summed E-state index contributed by atoms with van der Waals surface area (Å²) in [5.41, 5.74) is 1.87. The van der Waals surface area contributed by atoms with Crippen LogP contribution in [0.3, 0.4) is 0 Å². The van der Waals surface area contributed by atoms with Crippen LogP contribution in [0.1, 0.15) is 34.6 Å². The molecule has 228 valence electrons. The zero-order valence-corrected chi connectivity index (χ0v) is 24.5. The number of anilines is 1. The van der Waals surface area contributed by atoms with Crippen molar-refractivity contribution in [1.82, 2.24) is 5.01 Å². The van der Waals surface area contributed by atoms with Crippen LogP contribution in [0.5, 0.6) is 5.75 Å². The van der Waals surface area contributed by atoms with Crippen LogP contribution in [-0.4, -0.2) is 46.9 Å². The minimum absolute atomic E-state index is 0.0139. The molecule has 1 saturated carbocycles. The fraction of sp³-hybridized carbons (Fsp3) is 0.286. The number of nitro groups is 1. The molecule has 11 nitrogen and oxygen atoms in total. The third kappa shape index (κ3) is 3.09. The highest BCUT2D eigenvalue weighted by atomic mass is 16.6. The largest absolute Gasteiger partial charge is 0.494 e. The van der Waals surface area contributed by atoms with Gasteiger partial charge in [0.2, 0.25) is 11.8 Å². The Morgan fingerprint density at radius 2 is 1.46 bits per heavy atom. The molecule has 4 bridgehead atoms. The van der Waals surface area contributed by atoms with Gasteiger partial charge in [0.25, 0.3) is 17.5 Å². The Morgan fingerprint density at radius 3 is 2.04 bits per heavy atom. The predicted molar refractivity (Wildman–Crippen MR) is 163 cm³/mol. The molecular weight excluding hydrogens is 588 g/mol. The molecule has 11 heteroatoms. The molecule has 0 N–H and O–H groups in total. The van der Waals surface area contributed by atoms with Gasteiger partial charge in [-0.05, 0) is 46.6 Å². The van der Waals surface area contributed by atoms with Gasteiger partial charge in [-0.1, -0.05) is 60.7 Å². The molecule has 4 amide bonds. The van der Waals surface area contributed by atoms with Gasteiger partial charge < -0.3 is 4.74 Å². The third-order valence-corrected chi connectivity index (χ3v) is 11.1. The van der Waals surface area contributed by atoms with Crippen molar-refractivity contribution in [2.45, 2.75) is 17.8 Å². The monoisotopic (exact) mass is 614 g/mol. The van der Waals surface area contributed by atoms with Gasteiger partial charge in [0.15, 0.2) is 0 Å². The summed E-state index contributed by atoms with van der Waals surface area (Å²) in [5, 5.41) is 17.1. The summed E-state index contributed by atoms with van der Waals surface area (Å²) in [5.74, 6) is -4.74. The average Bonchev–Trinajstić information content (AvgIpc) is 3.82. The van der Waals surface area contributed by atoms with Gasteiger partial charge >= 0.3 is 0 Å². The van der Waals surface area contributed by atoms with Crippen LogP contribution in [0.4, 0.5) is 11.4 Å². The van der Waals surface area contributed by atoms with Crippen LogP contribution >= 0.6 is 0 Å². The first kappa shape index (κ1) is 26.9. The summed E-state index contributed by atoms with van der Waals surface area (Å²) in [6.45, 7) is 0. The summed E-state index contributed by atoms with van der Waals surface area (Å²) in [6.07, 6.45) is 6.38. The molecule has 3 aromatic carbocycles. The van der Waals surface area contributed by atoms with Crippen molar-refractivity contribution in [1.29, 1.82) is 0 Å². The van der Waals surface area contributed by atoms with Crippen molar-refractivity contribution >= 4 is 41.2 Å². The van der Waals surface area contributed by atoms with E-state index in [1.807, 2.05) is 60.7 Å². The summed E-state index contributed by atoms with van der Waals surface area (Å²) in [6, 6.07) is 19.0. The van der Waals surface area contributed by atoms with Gasteiger partial charge in [0.1, 0.15) is 5.75 Å². The summed E-state index contributed by atoms with van der Waals surface area (Å²) >= 11 is 0. The maximum absolute atomic E-state index is 14.7. The number of allylic oxidation sites excluding steroid dienone is 2. The van der Waals surface area contributed by atoms with Gasteiger partial charge in [-0.25, -0.2) is 4.90 Å².